The topological polar surface area (TPSA) is 104 Å². The fourth-order valence-corrected chi connectivity index (χ4v) is 2.11. The van der Waals surface area contributed by atoms with Crippen molar-refractivity contribution < 1.29 is 4.92 Å². The average Bonchev–Trinajstić information content (AvgIpc) is 2.49. The highest BCUT2D eigenvalue weighted by atomic mass is 16.6. The van der Waals surface area contributed by atoms with E-state index >= 15 is 0 Å². The van der Waals surface area contributed by atoms with E-state index in [2.05, 4.69) is 5.10 Å². The minimum absolute atomic E-state index is 0.0123. The van der Waals surface area contributed by atoms with Crippen LogP contribution in [0.5, 0.6) is 0 Å². The molecule has 0 bridgehead atoms. The lowest BCUT2D eigenvalue weighted by molar-refractivity contribution is -0.384. The lowest BCUT2D eigenvalue weighted by atomic mass is 10.1. The van der Waals surface area contributed by atoms with Gasteiger partial charge >= 0.3 is 0 Å². The van der Waals surface area contributed by atoms with Crippen LogP contribution in [0.2, 0.25) is 0 Å². The molecule has 1 aromatic carbocycles. The molecule has 0 unspecified atom stereocenters. The molecule has 116 valence electrons. The maximum atomic E-state index is 12.2. The highest BCUT2D eigenvalue weighted by molar-refractivity contribution is 5.60. The predicted octanol–water partition coefficient (Wildman–Crippen LogP) is 1.93. The number of hydrogen-bond acceptors (Lipinski definition) is 5. The van der Waals surface area contributed by atoms with Gasteiger partial charge in [0.15, 0.2) is 0 Å². The second-order valence-corrected chi connectivity index (χ2v) is 5.44. The van der Waals surface area contributed by atoms with Crippen molar-refractivity contribution in [3.05, 3.63) is 56.4 Å². The number of hydrogen-bond donors (Lipinski definition) is 1. The Balaban J connectivity index is 2.50. The first-order valence-electron chi connectivity index (χ1n) is 6.98. The van der Waals surface area contributed by atoms with Crippen LogP contribution in [-0.2, 0) is 13.1 Å². The lowest BCUT2D eigenvalue weighted by Crippen LogP contribution is -2.29. The molecule has 0 saturated carbocycles. The Kier molecular flexibility index (Phi) is 4.67. The maximum Gasteiger partial charge on any atom is 0.271 e. The van der Waals surface area contributed by atoms with E-state index in [9.17, 15) is 14.9 Å². The largest absolute Gasteiger partial charge is 0.326 e. The molecule has 0 atom stereocenters. The van der Waals surface area contributed by atoms with Crippen molar-refractivity contribution >= 4 is 5.69 Å². The summed E-state index contributed by atoms with van der Waals surface area (Å²) in [7, 11) is 0. The van der Waals surface area contributed by atoms with Crippen LogP contribution in [0.1, 0.15) is 19.4 Å². The summed E-state index contributed by atoms with van der Waals surface area (Å²) >= 11 is 0. The van der Waals surface area contributed by atoms with E-state index in [1.807, 2.05) is 13.8 Å². The van der Waals surface area contributed by atoms with Crippen LogP contribution in [-0.4, -0.2) is 14.7 Å². The fourth-order valence-electron chi connectivity index (χ4n) is 2.11. The summed E-state index contributed by atoms with van der Waals surface area (Å²) in [5, 5.41) is 15.0. The van der Waals surface area contributed by atoms with Crippen molar-refractivity contribution in [3.63, 3.8) is 0 Å². The molecule has 22 heavy (non-hydrogen) atoms. The van der Waals surface area contributed by atoms with Gasteiger partial charge in [0.05, 0.1) is 10.6 Å². The first-order valence-corrected chi connectivity index (χ1v) is 6.98. The van der Waals surface area contributed by atoms with Gasteiger partial charge in [-0.15, -0.1) is 0 Å². The quantitative estimate of drug-likeness (QED) is 0.671. The third-order valence-corrected chi connectivity index (χ3v) is 3.18. The minimum atomic E-state index is -0.456. The maximum absolute atomic E-state index is 12.2. The summed E-state index contributed by atoms with van der Waals surface area (Å²) in [6.07, 6.45) is 0. The number of non-ortho nitro benzene ring substituents is 1. The molecule has 1 heterocycles. The molecule has 2 aromatic rings. The molecule has 0 aliphatic carbocycles. The molecule has 0 fully saturated rings. The molecule has 0 radical (unpaired) electrons. The highest BCUT2D eigenvalue weighted by Crippen LogP contribution is 2.20. The summed E-state index contributed by atoms with van der Waals surface area (Å²) < 4.78 is 1.41. The number of nitrogens with two attached hydrogens (primary N) is 1. The van der Waals surface area contributed by atoms with E-state index in [0.29, 0.717) is 23.4 Å². The number of rotatable bonds is 5. The summed E-state index contributed by atoms with van der Waals surface area (Å²) in [5.41, 5.74) is 7.21. The van der Waals surface area contributed by atoms with Crippen molar-refractivity contribution in [3.8, 4) is 11.3 Å². The predicted molar refractivity (Wildman–Crippen MR) is 83.3 cm³/mol. The molecule has 2 rings (SSSR count). The molecular weight excluding hydrogens is 284 g/mol. The fraction of sp³-hybridized carbons (Fsp3) is 0.333. The van der Waals surface area contributed by atoms with Gasteiger partial charge in [0.2, 0.25) is 0 Å². The second kappa shape index (κ2) is 6.48. The number of benzene rings is 1. The van der Waals surface area contributed by atoms with Gasteiger partial charge in [-0.2, -0.15) is 5.10 Å². The molecular formula is C15H18N4O3. The van der Waals surface area contributed by atoms with Gasteiger partial charge in [0, 0.05) is 36.3 Å². The average molecular weight is 302 g/mol. The Morgan fingerprint density at radius 1 is 1.32 bits per heavy atom. The van der Waals surface area contributed by atoms with Crippen LogP contribution in [0.25, 0.3) is 11.3 Å². The number of nitro benzene ring substituents is 1. The SMILES string of the molecule is CC(C)Cn1nc(-c2ccc([N+](=O)[O-])cc2)cc(CN)c1=O. The summed E-state index contributed by atoms with van der Waals surface area (Å²) in [5.74, 6) is 0.267. The van der Waals surface area contributed by atoms with Crippen LogP contribution >= 0.6 is 0 Å². The van der Waals surface area contributed by atoms with E-state index in [1.165, 1.54) is 16.8 Å². The molecule has 0 spiro atoms. The van der Waals surface area contributed by atoms with E-state index in [0.717, 1.165) is 0 Å². The van der Waals surface area contributed by atoms with Crippen LogP contribution in [0, 0.1) is 16.0 Å². The van der Waals surface area contributed by atoms with E-state index < -0.39 is 4.92 Å². The molecule has 0 aliphatic rings. The standard InChI is InChI=1S/C15H18N4O3/c1-10(2)9-18-15(20)12(8-16)7-14(17-18)11-3-5-13(6-4-11)19(21)22/h3-7,10H,8-9,16H2,1-2H3. The van der Waals surface area contributed by atoms with Gasteiger partial charge in [-0.05, 0) is 24.1 Å². The third kappa shape index (κ3) is 3.37. The molecule has 0 amide bonds. The number of aromatic nitrogens is 2. The lowest BCUT2D eigenvalue weighted by Gasteiger charge is -2.11. The second-order valence-electron chi connectivity index (χ2n) is 5.44. The van der Waals surface area contributed by atoms with Crippen LogP contribution in [0.3, 0.4) is 0 Å². The molecule has 7 nitrogen and oxygen atoms in total. The normalized spacial score (nSPS) is 10.9. The third-order valence-electron chi connectivity index (χ3n) is 3.18. The zero-order valence-electron chi connectivity index (χ0n) is 12.5. The zero-order valence-corrected chi connectivity index (χ0v) is 12.5. The van der Waals surface area contributed by atoms with Gasteiger partial charge in [-0.3, -0.25) is 14.9 Å². The Morgan fingerprint density at radius 3 is 2.45 bits per heavy atom. The summed E-state index contributed by atoms with van der Waals surface area (Å²) in [6.45, 7) is 4.61. The zero-order chi connectivity index (χ0) is 16.3. The summed E-state index contributed by atoms with van der Waals surface area (Å²) in [6, 6.07) is 7.70. The Hall–Kier alpha value is -2.54. The van der Waals surface area contributed by atoms with Crippen LogP contribution in [0.4, 0.5) is 5.69 Å². The minimum Gasteiger partial charge on any atom is -0.326 e. The van der Waals surface area contributed by atoms with E-state index in [1.54, 1.807) is 18.2 Å². The van der Waals surface area contributed by atoms with Crippen molar-refractivity contribution in [2.45, 2.75) is 26.9 Å². The number of nitro groups is 1. The monoisotopic (exact) mass is 302 g/mol. The molecule has 0 aliphatic heterocycles. The van der Waals surface area contributed by atoms with Crippen LogP contribution in [0.15, 0.2) is 35.1 Å². The van der Waals surface area contributed by atoms with E-state index in [4.69, 9.17) is 5.73 Å². The van der Waals surface area contributed by atoms with Crippen molar-refractivity contribution in [1.29, 1.82) is 0 Å². The smallest absolute Gasteiger partial charge is 0.271 e. The first kappa shape index (κ1) is 15.8. The molecule has 2 N–H and O–H groups in total. The van der Waals surface area contributed by atoms with Crippen molar-refractivity contribution in [2.24, 2.45) is 11.7 Å². The van der Waals surface area contributed by atoms with Gasteiger partial charge in [0.1, 0.15) is 0 Å². The summed E-state index contributed by atoms with van der Waals surface area (Å²) in [4.78, 5) is 22.4. The Labute approximate surface area is 127 Å². The molecule has 1 aromatic heterocycles. The van der Waals surface area contributed by atoms with Gasteiger partial charge < -0.3 is 5.73 Å². The Bertz CT molecular complexity index is 735. The van der Waals surface area contributed by atoms with Gasteiger partial charge in [-0.25, -0.2) is 4.68 Å². The van der Waals surface area contributed by atoms with E-state index in [-0.39, 0.29) is 23.7 Å². The van der Waals surface area contributed by atoms with Gasteiger partial charge in [0.25, 0.3) is 11.2 Å². The van der Waals surface area contributed by atoms with Crippen molar-refractivity contribution in [2.75, 3.05) is 0 Å². The van der Waals surface area contributed by atoms with Crippen LogP contribution < -0.4 is 11.3 Å². The first-order chi connectivity index (χ1) is 10.4. The molecule has 0 saturated heterocycles. The van der Waals surface area contributed by atoms with Gasteiger partial charge in [-0.1, -0.05) is 13.8 Å². The van der Waals surface area contributed by atoms with Crippen molar-refractivity contribution in [1.82, 2.24) is 9.78 Å². The number of nitrogens with zero attached hydrogens (tertiary/aromatic N) is 3. The highest BCUT2D eigenvalue weighted by Gasteiger charge is 2.11. The Morgan fingerprint density at radius 2 is 1.95 bits per heavy atom. The molecule has 7 heteroatoms.